The van der Waals surface area contributed by atoms with Crippen LogP contribution < -0.4 is 30.2 Å². The highest BCUT2D eigenvalue weighted by atomic mass is 19.4. The summed E-state index contributed by atoms with van der Waals surface area (Å²) in [5.41, 5.74) is 1.13. The number of esters is 1. The van der Waals surface area contributed by atoms with E-state index < -0.39 is 36.7 Å². The van der Waals surface area contributed by atoms with Gasteiger partial charge in [0.25, 0.3) is 12.4 Å². The number of nitrogens with one attached hydrogen (secondary N) is 3. The Hall–Kier alpha value is -5.39. The number of hydrogen-bond donors (Lipinski definition) is 3. The van der Waals surface area contributed by atoms with Crippen LogP contribution in [0.3, 0.4) is 0 Å². The topological polar surface area (TPSA) is 175 Å². The van der Waals surface area contributed by atoms with E-state index in [-0.39, 0.29) is 41.3 Å². The lowest BCUT2D eigenvalue weighted by molar-refractivity contribution is -0.154. The number of anilines is 3. The molecule has 324 valence electrons. The molecule has 1 saturated heterocycles. The number of ether oxygens (including phenoxy) is 5. The summed E-state index contributed by atoms with van der Waals surface area (Å²) in [5.74, 6) is -0.313. The van der Waals surface area contributed by atoms with Gasteiger partial charge < -0.3 is 44.5 Å². The monoisotopic (exact) mass is 831 g/mol. The number of halogens is 3. The van der Waals surface area contributed by atoms with E-state index in [2.05, 4.69) is 40.5 Å². The number of aromatic nitrogens is 3. The summed E-state index contributed by atoms with van der Waals surface area (Å²) in [4.78, 5) is 50.8. The first-order valence-electron chi connectivity index (χ1n) is 19.8. The summed E-state index contributed by atoms with van der Waals surface area (Å²) >= 11 is 0. The molecule has 6 bridgehead atoms. The van der Waals surface area contributed by atoms with E-state index >= 15 is 0 Å². The molecule has 15 nitrogen and oxygen atoms in total. The van der Waals surface area contributed by atoms with E-state index in [1.165, 1.54) is 7.11 Å². The Kier molecular flexibility index (Phi) is 17.8. The fraction of sp³-hybridized carbons (Fsp3) is 0.561. The average Bonchev–Trinajstić information content (AvgIpc) is 3.18. The van der Waals surface area contributed by atoms with Crippen molar-refractivity contribution in [2.24, 2.45) is 5.92 Å². The third-order valence-electron chi connectivity index (χ3n) is 9.18. The largest absolute Gasteiger partial charge is 0.494 e. The molecule has 0 radical (unpaired) electrons. The molecule has 2 unspecified atom stereocenters. The van der Waals surface area contributed by atoms with Gasteiger partial charge >= 0.3 is 18.2 Å². The Balaban J connectivity index is 0.00000101. The van der Waals surface area contributed by atoms with Crippen molar-refractivity contribution < 1.29 is 51.2 Å². The van der Waals surface area contributed by atoms with Gasteiger partial charge in [-0.05, 0) is 89.9 Å². The normalized spacial score (nSPS) is 17.5. The van der Waals surface area contributed by atoms with Crippen molar-refractivity contribution in [2.45, 2.75) is 96.5 Å². The van der Waals surface area contributed by atoms with Gasteiger partial charge in [-0.3, -0.25) is 9.59 Å². The highest BCUT2D eigenvalue weighted by Crippen LogP contribution is 2.28. The summed E-state index contributed by atoms with van der Waals surface area (Å²) in [5, 5.41) is 8.88. The van der Waals surface area contributed by atoms with Crippen LogP contribution in [0.1, 0.15) is 88.1 Å². The zero-order valence-electron chi connectivity index (χ0n) is 34.4. The molecular formula is C41H56F3N7O8. The van der Waals surface area contributed by atoms with Crippen molar-refractivity contribution in [3.05, 3.63) is 53.6 Å². The quantitative estimate of drug-likeness (QED) is 0.167. The molecule has 59 heavy (non-hydrogen) atoms. The van der Waals surface area contributed by atoms with Crippen LogP contribution >= 0.6 is 0 Å². The van der Waals surface area contributed by atoms with Crippen LogP contribution in [-0.4, -0.2) is 103 Å². The van der Waals surface area contributed by atoms with Crippen molar-refractivity contribution in [3.63, 3.8) is 0 Å². The number of carbonyl (C=O) groups excluding carboxylic acids is 3. The van der Waals surface area contributed by atoms with E-state index in [0.717, 1.165) is 69.2 Å². The van der Waals surface area contributed by atoms with E-state index in [9.17, 15) is 27.6 Å². The van der Waals surface area contributed by atoms with Crippen LogP contribution in [0.4, 0.5) is 30.8 Å². The summed E-state index contributed by atoms with van der Waals surface area (Å²) in [6.07, 6.45) is 2.70. The fourth-order valence-electron chi connectivity index (χ4n) is 6.24. The number of likely N-dealkylation sites (tertiary alicyclic amines) is 1. The zero-order chi connectivity index (χ0) is 42.8. The zero-order valence-corrected chi connectivity index (χ0v) is 34.4. The second kappa shape index (κ2) is 22.7. The first kappa shape index (κ1) is 46.3. The van der Waals surface area contributed by atoms with Crippen molar-refractivity contribution >= 4 is 35.9 Å². The van der Waals surface area contributed by atoms with E-state index in [1.54, 1.807) is 18.2 Å². The minimum Gasteiger partial charge on any atom is -0.494 e. The van der Waals surface area contributed by atoms with Crippen LogP contribution in [0, 0.1) is 5.92 Å². The number of amides is 1. The van der Waals surface area contributed by atoms with Crippen LogP contribution in [0.15, 0.2) is 42.5 Å². The summed E-state index contributed by atoms with van der Waals surface area (Å²) in [7, 11) is 3.27. The number of methoxy groups -OCH3 is 1. The highest BCUT2D eigenvalue weighted by Gasteiger charge is 2.34. The molecule has 2 aromatic carbocycles. The number of alkyl halides is 3. The van der Waals surface area contributed by atoms with E-state index in [4.69, 9.17) is 18.9 Å². The average molecular weight is 832 g/mol. The van der Waals surface area contributed by atoms with Gasteiger partial charge in [-0.25, -0.2) is 4.79 Å². The SMILES string of the molecule is CC(C)(C)OC=O.COC(=O)C(NC(=O)c1ccc2cc1OCCCCCCCCOc1ccc(cc1)CNc1nc(nc(OCC(F)(F)F)n1)N2)C1CCCN(C)C1. The number of piperidine rings is 1. The maximum Gasteiger partial charge on any atom is 0.422 e. The van der Waals surface area contributed by atoms with Gasteiger partial charge in [-0.15, -0.1) is 0 Å². The van der Waals surface area contributed by atoms with Gasteiger partial charge in [0.15, 0.2) is 6.61 Å². The maximum absolute atomic E-state index is 13.8. The van der Waals surface area contributed by atoms with Crippen molar-refractivity contribution in [1.29, 1.82) is 0 Å². The lowest BCUT2D eigenvalue weighted by atomic mass is 9.90. The van der Waals surface area contributed by atoms with Crippen LogP contribution in [0.5, 0.6) is 17.5 Å². The molecule has 1 amide bonds. The van der Waals surface area contributed by atoms with Gasteiger partial charge in [0.1, 0.15) is 23.1 Å². The first-order valence-corrected chi connectivity index (χ1v) is 19.8. The molecule has 0 aliphatic carbocycles. The van der Waals surface area contributed by atoms with Crippen LogP contribution in [0.2, 0.25) is 0 Å². The molecule has 3 N–H and O–H groups in total. The molecule has 6 rings (SSSR count). The number of benzene rings is 2. The molecular weight excluding hydrogens is 775 g/mol. The Morgan fingerprint density at radius 1 is 0.949 bits per heavy atom. The summed E-state index contributed by atoms with van der Waals surface area (Å²) in [6.45, 7) is 7.04. The van der Waals surface area contributed by atoms with E-state index in [1.807, 2.05) is 52.1 Å². The smallest absolute Gasteiger partial charge is 0.422 e. The third-order valence-corrected chi connectivity index (χ3v) is 9.18. The number of nitrogens with zero attached hydrogens (tertiary/aromatic N) is 4. The molecule has 1 aromatic heterocycles. The Morgan fingerprint density at radius 3 is 2.25 bits per heavy atom. The predicted molar refractivity (Wildman–Crippen MR) is 214 cm³/mol. The van der Waals surface area contributed by atoms with E-state index in [0.29, 0.717) is 31.9 Å². The molecule has 3 aromatic rings. The van der Waals surface area contributed by atoms with Gasteiger partial charge in [-0.1, -0.05) is 37.8 Å². The summed E-state index contributed by atoms with van der Waals surface area (Å²) in [6, 6.07) is 10.8. The van der Waals surface area contributed by atoms with Gasteiger partial charge in [0, 0.05) is 30.8 Å². The number of rotatable bonds is 7. The maximum atomic E-state index is 13.8. The van der Waals surface area contributed by atoms with Crippen LogP contribution in [0.25, 0.3) is 0 Å². The molecule has 0 saturated carbocycles. The highest BCUT2D eigenvalue weighted by molar-refractivity contribution is 5.99. The molecule has 2 atom stereocenters. The Bertz CT molecular complexity index is 1790. The predicted octanol–water partition coefficient (Wildman–Crippen LogP) is 6.85. The van der Waals surface area contributed by atoms with Crippen LogP contribution in [-0.2, 0) is 25.6 Å². The van der Waals surface area contributed by atoms with Gasteiger partial charge in [0.2, 0.25) is 11.9 Å². The first-order chi connectivity index (χ1) is 28.1. The molecule has 18 heteroatoms. The van der Waals surface area contributed by atoms with Crippen molar-refractivity contribution in [3.8, 4) is 17.5 Å². The Labute approximate surface area is 343 Å². The second-order valence-electron chi connectivity index (χ2n) is 15.3. The fourth-order valence-corrected chi connectivity index (χ4v) is 6.24. The molecule has 3 aliphatic rings. The van der Waals surface area contributed by atoms with Crippen molar-refractivity contribution in [2.75, 3.05) is 57.7 Å². The Morgan fingerprint density at radius 2 is 1.63 bits per heavy atom. The number of fused-ring (bicyclic) bond motifs is 12. The lowest BCUT2D eigenvalue weighted by Crippen LogP contribution is -2.51. The van der Waals surface area contributed by atoms with Gasteiger partial charge in [0.05, 0.1) is 25.9 Å². The van der Waals surface area contributed by atoms with Crippen molar-refractivity contribution in [1.82, 2.24) is 25.2 Å². The molecule has 4 heterocycles. The number of hydrogen-bond acceptors (Lipinski definition) is 14. The minimum atomic E-state index is -4.61. The minimum absolute atomic E-state index is 0.0249. The second-order valence-corrected chi connectivity index (χ2v) is 15.3. The lowest BCUT2D eigenvalue weighted by Gasteiger charge is -2.34. The molecule has 0 spiro atoms. The standard InChI is InChI=1S/C36H46F3N7O6.C5H10O2/c1-46-17-9-10-25(22-46)30(32(48)49-2)42-31(47)28-16-13-26-20-29(28)51-19-8-6-4-3-5-7-18-50-27-14-11-24(12-15-27)21-40-33-43-34(41-26)45-35(44-33)52-23-36(37,38)39;1-5(2,3)7-4-6/h11-16,20,25,30H,3-10,17-19,21-23H2,1-2H3,(H,42,47)(H2,40,41,43,44,45);4H,1-3H3. The third kappa shape index (κ3) is 16.8. The number of carbonyl (C=O) groups is 3. The molecule has 3 aliphatic heterocycles. The molecule has 1 fully saturated rings. The van der Waals surface area contributed by atoms with Gasteiger partial charge in [-0.2, -0.15) is 28.1 Å². The summed E-state index contributed by atoms with van der Waals surface area (Å²) < 4.78 is 65.6.